The van der Waals surface area contributed by atoms with Gasteiger partial charge in [-0.1, -0.05) is 91.0 Å². The quantitative estimate of drug-likeness (QED) is 0.672. The highest BCUT2D eigenvalue weighted by Gasteiger charge is 2.28. The van der Waals surface area contributed by atoms with Gasteiger partial charge in [0.25, 0.3) is 0 Å². The lowest BCUT2D eigenvalue weighted by atomic mass is 10.4. The molecule has 0 amide bonds. The summed E-state index contributed by atoms with van der Waals surface area (Å²) in [5.74, 6) is 0. The van der Waals surface area contributed by atoms with E-state index in [2.05, 4.69) is 0 Å². The van der Waals surface area contributed by atoms with Crippen LogP contribution in [0.15, 0.2) is 91.0 Å². The molecule has 0 N–H and O–H groups in total. The van der Waals surface area contributed by atoms with Crippen molar-refractivity contribution in [2.45, 2.75) is 0 Å². The molecule has 3 rings (SSSR count). The van der Waals surface area contributed by atoms with Gasteiger partial charge in [-0.2, -0.15) is 0 Å². The van der Waals surface area contributed by atoms with E-state index in [0.717, 1.165) is 15.9 Å². The Bertz CT molecular complexity index is 724. The van der Waals surface area contributed by atoms with E-state index in [1.54, 1.807) is 24.3 Å². The normalized spacial score (nSPS) is 11.9. The van der Waals surface area contributed by atoms with Crippen molar-refractivity contribution in [3.63, 3.8) is 0 Å². The molecule has 0 heterocycles. The molecular weight excluding hydrogens is 263 g/mol. The van der Waals surface area contributed by atoms with E-state index in [-0.39, 0.29) is 0 Å². The second kappa shape index (κ2) is 5.48. The maximum Gasteiger partial charge on any atom is 0.171 e. The molecule has 0 saturated heterocycles. The predicted octanol–water partition coefficient (Wildman–Crippen LogP) is 3.33. The van der Waals surface area contributed by atoms with E-state index in [9.17, 15) is 4.57 Å². The summed E-state index contributed by atoms with van der Waals surface area (Å²) in [6.07, 6.45) is 0. The Labute approximate surface area is 120 Å². The Kier molecular flexibility index (Phi) is 3.21. The third kappa shape index (κ3) is 2.21. The fourth-order valence-electron chi connectivity index (χ4n) is 2.31. The summed E-state index contributed by atoms with van der Waals surface area (Å²) >= 11 is 0. The molecule has 0 saturated carbocycles. The topological polar surface area (TPSA) is 17.1 Å². The molecule has 3 aromatic carbocycles. The van der Waals surface area contributed by atoms with E-state index < -0.39 is 7.14 Å². The first kappa shape index (κ1) is 11.7. The highest BCUT2D eigenvalue weighted by atomic mass is 31.2. The van der Waals surface area contributed by atoms with Crippen molar-refractivity contribution in [3.8, 4) is 0 Å². The van der Waals surface area contributed by atoms with Crippen LogP contribution in [-0.4, -0.2) is 0 Å². The number of hydrogen-bond donors (Lipinski definition) is 0. The molecule has 98 valence electrons. The maximum absolute atomic E-state index is 13.9. The smallest absolute Gasteiger partial charge is 0.171 e. The van der Waals surface area contributed by atoms with Crippen molar-refractivity contribution in [1.29, 1.82) is 0 Å². The van der Waals surface area contributed by atoms with Crippen LogP contribution >= 0.6 is 7.14 Å². The van der Waals surface area contributed by atoms with Crippen LogP contribution in [-0.2, 0) is 4.57 Å². The molecule has 0 unspecified atom stereocenters. The van der Waals surface area contributed by atoms with Gasteiger partial charge in [0.05, 0.1) is 1.37 Å². The number of hydrogen-bond acceptors (Lipinski definition) is 1. The van der Waals surface area contributed by atoms with Gasteiger partial charge < -0.3 is 4.57 Å². The number of rotatable bonds is 3. The molecule has 2 heteroatoms. The average Bonchev–Trinajstić information content (AvgIpc) is 2.56. The van der Waals surface area contributed by atoms with Gasteiger partial charge in [-0.15, -0.1) is 0 Å². The molecule has 0 aliphatic heterocycles. The predicted molar refractivity (Wildman–Crippen MR) is 85.8 cm³/mol. The molecule has 0 aliphatic carbocycles. The SMILES string of the molecule is [2H]c1ccc(P(=O)(c2ccccc2)c2ccccc2)cc1. The highest BCUT2D eigenvalue weighted by Crippen LogP contribution is 2.41. The molecular formula is C18H15OP. The minimum atomic E-state index is -2.88. The molecule has 0 spiro atoms. The van der Waals surface area contributed by atoms with Crippen LogP contribution < -0.4 is 15.9 Å². The van der Waals surface area contributed by atoms with Crippen molar-refractivity contribution in [1.82, 2.24) is 0 Å². The van der Waals surface area contributed by atoms with E-state index in [1.807, 2.05) is 60.7 Å². The van der Waals surface area contributed by atoms with E-state index >= 15 is 0 Å². The van der Waals surface area contributed by atoms with Gasteiger partial charge in [0, 0.05) is 15.9 Å². The van der Waals surface area contributed by atoms with Crippen LogP contribution in [0.2, 0.25) is 0 Å². The number of benzene rings is 3. The second-order valence-corrected chi connectivity index (χ2v) is 7.31. The maximum atomic E-state index is 13.9. The van der Waals surface area contributed by atoms with Gasteiger partial charge in [-0.3, -0.25) is 0 Å². The summed E-state index contributed by atoms with van der Waals surface area (Å²) in [7, 11) is -2.88. The van der Waals surface area contributed by atoms with Crippen LogP contribution in [0.5, 0.6) is 0 Å². The van der Waals surface area contributed by atoms with Crippen LogP contribution in [0.3, 0.4) is 0 Å². The zero-order valence-electron chi connectivity index (χ0n) is 11.9. The highest BCUT2D eigenvalue weighted by molar-refractivity contribution is 7.85. The Balaban J connectivity index is 2.26. The van der Waals surface area contributed by atoms with Crippen LogP contribution in [0.25, 0.3) is 0 Å². The van der Waals surface area contributed by atoms with Crippen molar-refractivity contribution in [3.05, 3.63) is 91.0 Å². The molecule has 0 bridgehead atoms. The van der Waals surface area contributed by atoms with Crippen molar-refractivity contribution in [2.75, 3.05) is 0 Å². The van der Waals surface area contributed by atoms with E-state index in [4.69, 9.17) is 1.37 Å². The minimum absolute atomic E-state index is 0.423. The molecule has 0 aromatic heterocycles. The molecule has 0 fully saturated rings. The molecule has 0 aliphatic rings. The van der Waals surface area contributed by atoms with Gasteiger partial charge >= 0.3 is 0 Å². The fraction of sp³-hybridized carbons (Fsp3) is 0. The summed E-state index contributed by atoms with van der Waals surface area (Å²) in [4.78, 5) is 0. The zero-order chi connectivity index (χ0) is 14.7. The van der Waals surface area contributed by atoms with E-state index in [1.165, 1.54) is 0 Å². The van der Waals surface area contributed by atoms with Crippen LogP contribution in [0, 0.1) is 0 Å². The van der Waals surface area contributed by atoms with Crippen molar-refractivity contribution < 1.29 is 5.94 Å². The van der Waals surface area contributed by atoms with E-state index in [0.29, 0.717) is 6.04 Å². The standard InChI is InChI=1S/C18H15OP/c19-20(16-10-4-1-5-11-16,17-12-6-2-7-13-17)18-14-8-3-9-15-18/h1-15H/i1D. The molecule has 0 atom stereocenters. The minimum Gasteiger partial charge on any atom is -0.309 e. The van der Waals surface area contributed by atoms with Crippen molar-refractivity contribution in [2.24, 2.45) is 0 Å². The lowest BCUT2D eigenvalue weighted by molar-refractivity contribution is 0.592. The molecule has 1 nitrogen and oxygen atoms in total. The van der Waals surface area contributed by atoms with Gasteiger partial charge in [0.15, 0.2) is 7.14 Å². The summed E-state index contributed by atoms with van der Waals surface area (Å²) < 4.78 is 21.5. The average molecular weight is 279 g/mol. The Hall–Kier alpha value is -2.11. The molecule has 20 heavy (non-hydrogen) atoms. The lowest BCUT2D eigenvalue weighted by Crippen LogP contribution is -2.24. The Morgan fingerprint density at radius 3 is 1.35 bits per heavy atom. The van der Waals surface area contributed by atoms with Crippen molar-refractivity contribution >= 4 is 23.1 Å². The molecule has 0 radical (unpaired) electrons. The summed E-state index contributed by atoms with van der Waals surface area (Å²) in [5.41, 5.74) is 0. The fourth-order valence-corrected chi connectivity index (χ4v) is 4.96. The molecule has 3 aromatic rings. The largest absolute Gasteiger partial charge is 0.309 e. The van der Waals surface area contributed by atoms with Gasteiger partial charge in [-0.25, -0.2) is 0 Å². The first-order valence-corrected chi connectivity index (χ1v) is 8.20. The second-order valence-electron chi connectivity index (χ2n) is 4.54. The monoisotopic (exact) mass is 279 g/mol. The first-order valence-electron chi connectivity index (χ1n) is 7.00. The van der Waals surface area contributed by atoms with Crippen LogP contribution in [0.1, 0.15) is 1.37 Å². The van der Waals surface area contributed by atoms with Gasteiger partial charge in [0.1, 0.15) is 0 Å². The first-order chi connectivity index (χ1) is 10.2. The lowest BCUT2D eigenvalue weighted by Gasteiger charge is -2.19. The van der Waals surface area contributed by atoms with Gasteiger partial charge in [0.2, 0.25) is 0 Å². The summed E-state index contributed by atoms with van der Waals surface area (Å²) in [5, 5.41) is 2.39. The Morgan fingerprint density at radius 1 is 0.600 bits per heavy atom. The van der Waals surface area contributed by atoms with Gasteiger partial charge in [-0.05, 0) is 0 Å². The summed E-state index contributed by atoms with van der Waals surface area (Å²) in [6, 6.07) is 26.5. The van der Waals surface area contributed by atoms with Crippen LogP contribution in [0.4, 0.5) is 0 Å². The Morgan fingerprint density at radius 2 is 0.950 bits per heavy atom. The summed E-state index contributed by atoms with van der Waals surface area (Å²) in [6.45, 7) is 0. The zero-order valence-corrected chi connectivity index (χ0v) is 11.8. The third-order valence-corrected chi connectivity index (χ3v) is 6.38. The third-order valence-electron chi connectivity index (χ3n) is 3.30.